The Morgan fingerprint density at radius 2 is 1.85 bits per heavy atom. The van der Waals surface area contributed by atoms with Crippen LogP contribution in [0, 0.1) is 0 Å². The molecule has 2 fully saturated rings. The lowest BCUT2D eigenvalue weighted by Crippen LogP contribution is -2.35. The molecule has 1 aromatic rings. The first-order valence-electron chi connectivity index (χ1n) is 7.40. The van der Waals surface area contributed by atoms with Gasteiger partial charge in [0.2, 0.25) is 5.91 Å². The molecule has 20 heavy (non-hydrogen) atoms. The predicted octanol–water partition coefficient (Wildman–Crippen LogP) is 3.67. The largest absolute Gasteiger partial charge is 0.305 e. The van der Waals surface area contributed by atoms with E-state index in [9.17, 15) is 4.79 Å². The maximum Gasteiger partial charge on any atom is 0.227 e. The van der Waals surface area contributed by atoms with E-state index in [1.165, 1.54) is 24.8 Å². The zero-order valence-electron chi connectivity index (χ0n) is 11.5. The summed E-state index contributed by atoms with van der Waals surface area (Å²) in [5.74, 6) is 0.0900. The molecule has 1 unspecified atom stereocenters. The fourth-order valence-electron chi connectivity index (χ4n) is 2.84. The molecule has 4 heteroatoms. The molecule has 0 spiro atoms. The Kier molecular flexibility index (Phi) is 4.41. The average Bonchev–Trinajstić information content (AvgIpc) is 2.49. The summed E-state index contributed by atoms with van der Waals surface area (Å²) in [7, 11) is 0. The zero-order chi connectivity index (χ0) is 13.8. The fourth-order valence-corrected chi connectivity index (χ4v) is 4.02. The van der Waals surface area contributed by atoms with Crippen LogP contribution in [0.2, 0.25) is 0 Å². The summed E-state index contributed by atoms with van der Waals surface area (Å²) in [4.78, 5) is 16.7. The Bertz CT molecular complexity index is 494. The molecule has 1 aliphatic heterocycles. The van der Waals surface area contributed by atoms with E-state index in [0.29, 0.717) is 12.5 Å². The topological polar surface area (TPSA) is 41.5 Å². The van der Waals surface area contributed by atoms with Gasteiger partial charge in [-0.2, -0.15) is 0 Å². The van der Waals surface area contributed by atoms with Crippen LogP contribution >= 0.6 is 11.8 Å². The first-order valence-corrected chi connectivity index (χ1v) is 8.28. The van der Waals surface area contributed by atoms with Gasteiger partial charge in [-0.25, -0.2) is 0 Å². The highest BCUT2D eigenvalue weighted by atomic mass is 32.2. The van der Waals surface area contributed by atoms with Crippen LogP contribution in [0.1, 0.15) is 49.3 Å². The van der Waals surface area contributed by atoms with Gasteiger partial charge in [0.05, 0.1) is 6.04 Å². The monoisotopic (exact) mass is 288 g/mol. The number of thioether (sulfide) groups is 1. The number of hydrogen-bond donors (Lipinski definition) is 1. The van der Waals surface area contributed by atoms with Gasteiger partial charge in [-0.1, -0.05) is 61.4 Å². The van der Waals surface area contributed by atoms with E-state index < -0.39 is 0 Å². The lowest BCUT2D eigenvalue weighted by molar-refractivity contribution is -0.119. The number of nitrogens with one attached hydrogen (secondary N) is 1. The van der Waals surface area contributed by atoms with Crippen LogP contribution in [0.4, 0.5) is 0 Å². The van der Waals surface area contributed by atoms with Crippen molar-refractivity contribution >= 4 is 22.8 Å². The highest BCUT2D eigenvalue weighted by molar-refractivity contribution is 8.14. The Hall–Kier alpha value is -1.29. The smallest absolute Gasteiger partial charge is 0.227 e. The minimum Gasteiger partial charge on any atom is -0.305 e. The SMILES string of the molecule is O=C1CC(c2ccccc2)SC(=NC2CCCCC2)N1. The van der Waals surface area contributed by atoms with Crippen molar-refractivity contribution in [1.82, 2.24) is 5.32 Å². The highest BCUT2D eigenvalue weighted by Crippen LogP contribution is 2.36. The van der Waals surface area contributed by atoms with E-state index >= 15 is 0 Å². The third-order valence-electron chi connectivity index (χ3n) is 3.92. The normalized spacial score (nSPS) is 26.5. The van der Waals surface area contributed by atoms with Gasteiger partial charge in [0, 0.05) is 11.7 Å². The third kappa shape index (κ3) is 3.42. The molecule has 1 saturated carbocycles. The van der Waals surface area contributed by atoms with Gasteiger partial charge < -0.3 is 5.32 Å². The van der Waals surface area contributed by atoms with Gasteiger partial charge in [0.15, 0.2) is 5.17 Å². The second-order valence-corrected chi connectivity index (χ2v) is 6.69. The quantitative estimate of drug-likeness (QED) is 0.902. The number of aliphatic imine (C=N–C) groups is 1. The molecule has 0 aromatic heterocycles. The first-order chi connectivity index (χ1) is 9.81. The molecular formula is C16H20N2OS. The standard InChI is InChI=1S/C16H20N2OS/c19-15-11-14(12-7-3-1-4-8-12)20-16(18-15)17-13-9-5-2-6-10-13/h1,3-4,7-8,13-14H,2,5-6,9-11H2,(H,17,18,19). The van der Waals surface area contributed by atoms with E-state index in [-0.39, 0.29) is 11.2 Å². The first kappa shape index (κ1) is 13.7. The van der Waals surface area contributed by atoms with Crippen molar-refractivity contribution < 1.29 is 4.79 Å². The summed E-state index contributed by atoms with van der Waals surface area (Å²) in [5, 5.41) is 3.96. The van der Waals surface area contributed by atoms with Crippen LogP contribution in [-0.4, -0.2) is 17.1 Å². The number of nitrogens with zero attached hydrogens (tertiary/aromatic N) is 1. The summed E-state index contributed by atoms with van der Waals surface area (Å²) in [6, 6.07) is 10.7. The number of carbonyl (C=O) groups excluding carboxylic acids is 1. The molecule has 1 saturated heterocycles. The molecule has 1 aliphatic carbocycles. The van der Waals surface area contributed by atoms with Gasteiger partial charge in [-0.15, -0.1) is 0 Å². The highest BCUT2D eigenvalue weighted by Gasteiger charge is 2.26. The van der Waals surface area contributed by atoms with Crippen molar-refractivity contribution in [2.45, 2.75) is 49.8 Å². The number of amidine groups is 1. The lowest BCUT2D eigenvalue weighted by atomic mass is 9.96. The molecule has 1 atom stereocenters. The van der Waals surface area contributed by atoms with Gasteiger partial charge in [-0.05, 0) is 18.4 Å². The molecule has 0 radical (unpaired) electrons. The van der Waals surface area contributed by atoms with Crippen molar-refractivity contribution in [2.24, 2.45) is 4.99 Å². The molecule has 3 nitrogen and oxygen atoms in total. The van der Waals surface area contributed by atoms with E-state index in [1.807, 2.05) is 18.2 Å². The summed E-state index contributed by atoms with van der Waals surface area (Å²) in [6.45, 7) is 0. The van der Waals surface area contributed by atoms with Crippen molar-refractivity contribution in [3.05, 3.63) is 35.9 Å². The lowest BCUT2D eigenvalue weighted by Gasteiger charge is -2.25. The van der Waals surface area contributed by atoms with Gasteiger partial charge in [-0.3, -0.25) is 9.79 Å². The molecule has 1 N–H and O–H groups in total. The molecule has 1 heterocycles. The van der Waals surface area contributed by atoms with E-state index in [1.54, 1.807) is 11.8 Å². The molecule has 1 amide bonds. The van der Waals surface area contributed by atoms with Crippen LogP contribution in [-0.2, 0) is 4.79 Å². The van der Waals surface area contributed by atoms with Gasteiger partial charge in [0.1, 0.15) is 0 Å². The van der Waals surface area contributed by atoms with Crippen molar-refractivity contribution in [3.8, 4) is 0 Å². The molecule has 2 aliphatic rings. The summed E-state index contributed by atoms with van der Waals surface area (Å²) in [6.07, 6.45) is 6.72. The number of hydrogen-bond acceptors (Lipinski definition) is 3. The van der Waals surface area contributed by atoms with Crippen LogP contribution < -0.4 is 5.32 Å². The average molecular weight is 288 g/mol. The summed E-state index contributed by atoms with van der Waals surface area (Å²) < 4.78 is 0. The summed E-state index contributed by atoms with van der Waals surface area (Å²) in [5.41, 5.74) is 1.21. The van der Waals surface area contributed by atoms with Crippen LogP contribution in [0.5, 0.6) is 0 Å². The molecule has 0 bridgehead atoms. The van der Waals surface area contributed by atoms with E-state index in [4.69, 9.17) is 4.99 Å². The molecular weight excluding hydrogens is 268 g/mol. The molecule has 3 rings (SSSR count). The van der Waals surface area contributed by atoms with Crippen LogP contribution in [0.3, 0.4) is 0 Å². The molecule has 106 valence electrons. The third-order valence-corrected chi connectivity index (χ3v) is 5.07. The van der Waals surface area contributed by atoms with Crippen molar-refractivity contribution in [1.29, 1.82) is 0 Å². The van der Waals surface area contributed by atoms with Crippen molar-refractivity contribution in [3.63, 3.8) is 0 Å². The maximum absolute atomic E-state index is 11.9. The van der Waals surface area contributed by atoms with E-state index in [0.717, 1.165) is 18.0 Å². The van der Waals surface area contributed by atoms with Crippen LogP contribution in [0.15, 0.2) is 35.3 Å². The Balaban J connectivity index is 1.72. The predicted molar refractivity (Wildman–Crippen MR) is 83.8 cm³/mol. The second kappa shape index (κ2) is 6.44. The number of amides is 1. The fraction of sp³-hybridized carbons (Fsp3) is 0.500. The number of carbonyl (C=O) groups is 1. The maximum atomic E-state index is 11.9. The van der Waals surface area contributed by atoms with Crippen molar-refractivity contribution in [2.75, 3.05) is 0 Å². The minimum absolute atomic E-state index is 0.0900. The van der Waals surface area contributed by atoms with Crippen LogP contribution in [0.25, 0.3) is 0 Å². The van der Waals surface area contributed by atoms with Gasteiger partial charge in [0.25, 0.3) is 0 Å². The number of benzene rings is 1. The van der Waals surface area contributed by atoms with E-state index in [2.05, 4.69) is 17.4 Å². The zero-order valence-corrected chi connectivity index (χ0v) is 12.4. The Morgan fingerprint density at radius 1 is 1.10 bits per heavy atom. The Morgan fingerprint density at radius 3 is 2.60 bits per heavy atom. The number of rotatable bonds is 2. The van der Waals surface area contributed by atoms with Gasteiger partial charge >= 0.3 is 0 Å². The second-order valence-electron chi connectivity index (χ2n) is 5.50. The minimum atomic E-state index is 0.0900. The summed E-state index contributed by atoms with van der Waals surface area (Å²) >= 11 is 1.70. The molecule has 1 aromatic carbocycles. The Labute approximate surface area is 124 Å².